The first-order chi connectivity index (χ1) is 7.81. The van der Waals surface area contributed by atoms with Gasteiger partial charge in [-0.3, -0.25) is 4.90 Å². The summed E-state index contributed by atoms with van der Waals surface area (Å²) in [4.78, 5) is 3.82. The minimum absolute atomic E-state index is 0.438. The van der Waals surface area contributed by atoms with Crippen molar-refractivity contribution in [2.24, 2.45) is 5.73 Å². The molecule has 0 spiro atoms. The molecule has 1 aliphatic rings. The number of thiophene rings is 1. The quantitative estimate of drug-likeness (QED) is 0.811. The third-order valence-electron chi connectivity index (χ3n) is 3.16. The lowest BCUT2D eigenvalue weighted by Gasteiger charge is -2.34. The number of rotatable bonds is 3. The average Bonchev–Trinajstić information content (AvgIpc) is 2.59. The molecule has 1 saturated carbocycles. The Morgan fingerprint density at radius 3 is 3.00 bits per heavy atom. The summed E-state index contributed by atoms with van der Waals surface area (Å²) in [5.74, 6) is 6.07. The molecule has 0 amide bonds. The highest BCUT2D eigenvalue weighted by Crippen LogP contribution is 2.26. The van der Waals surface area contributed by atoms with Gasteiger partial charge >= 0.3 is 0 Å². The minimum atomic E-state index is 0.438. The lowest BCUT2D eigenvalue weighted by Crippen LogP contribution is -2.36. The maximum absolute atomic E-state index is 5.39. The van der Waals surface area contributed by atoms with E-state index in [1.165, 1.54) is 24.1 Å². The Kier molecular flexibility index (Phi) is 4.00. The Labute approximate surface area is 101 Å². The Bertz CT molecular complexity index is 396. The van der Waals surface area contributed by atoms with Crippen molar-refractivity contribution < 1.29 is 0 Å². The van der Waals surface area contributed by atoms with Gasteiger partial charge in [-0.05, 0) is 31.3 Å². The third-order valence-corrected chi connectivity index (χ3v) is 4.07. The molecular weight excluding hydrogens is 216 g/mol. The molecule has 0 unspecified atom stereocenters. The molecule has 1 heterocycles. The van der Waals surface area contributed by atoms with Crippen molar-refractivity contribution in [2.45, 2.75) is 31.8 Å². The molecule has 1 aliphatic carbocycles. The van der Waals surface area contributed by atoms with Crippen LogP contribution in [0.15, 0.2) is 11.4 Å². The maximum atomic E-state index is 5.39. The second-order valence-corrected chi connectivity index (χ2v) is 5.26. The fourth-order valence-corrected chi connectivity index (χ4v) is 2.80. The van der Waals surface area contributed by atoms with Gasteiger partial charge in [0.05, 0.1) is 6.54 Å². The van der Waals surface area contributed by atoms with Crippen molar-refractivity contribution in [1.82, 2.24) is 4.90 Å². The van der Waals surface area contributed by atoms with E-state index < -0.39 is 0 Å². The van der Waals surface area contributed by atoms with Gasteiger partial charge in [-0.25, -0.2) is 0 Å². The topological polar surface area (TPSA) is 29.3 Å². The Morgan fingerprint density at radius 1 is 1.56 bits per heavy atom. The molecule has 2 rings (SSSR count). The largest absolute Gasteiger partial charge is 0.320 e. The summed E-state index contributed by atoms with van der Waals surface area (Å²) in [7, 11) is 2.21. The van der Waals surface area contributed by atoms with Crippen molar-refractivity contribution in [3.8, 4) is 11.8 Å². The van der Waals surface area contributed by atoms with Crippen LogP contribution in [0.4, 0.5) is 0 Å². The van der Waals surface area contributed by atoms with Crippen LogP contribution in [0.1, 0.15) is 29.7 Å². The average molecular weight is 234 g/mol. The number of nitrogens with zero attached hydrogens (tertiary/aromatic N) is 1. The second kappa shape index (κ2) is 5.49. The van der Waals surface area contributed by atoms with Gasteiger partial charge in [0.2, 0.25) is 0 Å². The number of hydrogen-bond acceptors (Lipinski definition) is 3. The molecule has 3 heteroatoms. The fourth-order valence-electron chi connectivity index (χ4n) is 1.90. The molecule has 0 aromatic carbocycles. The molecular formula is C13H18N2S. The molecule has 0 saturated heterocycles. The van der Waals surface area contributed by atoms with Gasteiger partial charge in [0.1, 0.15) is 0 Å². The van der Waals surface area contributed by atoms with Gasteiger partial charge in [-0.2, -0.15) is 0 Å². The van der Waals surface area contributed by atoms with Crippen molar-refractivity contribution in [2.75, 3.05) is 13.6 Å². The van der Waals surface area contributed by atoms with Gasteiger partial charge in [-0.1, -0.05) is 18.3 Å². The maximum Gasteiger partial charge on any atom is 0.0555 e. The Balaban J connectivity index is 2.00. The monoisotopic (exact) mass is 234 g/mol. The zero-order valence-electron chi connectivity index (χ0n) is 9.70. The van der Waals surface area contributed by atoms with E-state index >= 15 is 0 Å². The highest BCUT2D eigenvalue weighted by Gasteiger charge is 2.22. The first-order valence-electron chi connectivity index (χ1n) is 5.77. The zero-order valence-corrected chi connectivity index (χ0v) is 10.5. The summed E-state index contributed by atoms with van der Waals surface area (Å²) < 4.78 is 0. The van der Waals surface area contributed by atoms with E-state index in [0.717, 1.165) is 18.2 Å². The van der Waals surface area contributed by atoms with Crippen molar-refractivity contribution in [3.63, 3.8) is 0 Å². The molecule has 16 heavy (non-hydrogen) atoms. The van der Waals surface area contributed by atoms with Crippen molar-refractivity contribution >= 4 is 11.3 Å². The van der Waals surface area contributed by atoms with Crippen LogP contribution in [0.5, 0.6) is 0 Å². The molecule has 1 aromatic heterocycles. The standard InChI is InChI=1S/C13H18N2S/c1-15(12-5-2-6-12)10-13-11(4-3-8-14)7-9-16-13/h7,9,12H,2,5-6,8,10,14H2,1H3. The van der Waals surface area contributed by atoms with Gasteiger partial charge in [0.25, 0.3) is 0 Å². The van der Waals surface area contributed by atoms with Gasteiger partial charge < -0.3 is 5.73 Å². The van der Waals surface area contributed by atoms with Crippen molar-refractivity contribution in [1.29, 1.82) is 0 Å². The molecule has 1 fully saturated rings. The summed E-state index contributed by atoms with van der Waals surface area (Å²) in [6, 6.07) is 2.88. The summed E-state index contributed by atoms with van der Waals surface area (Å²) in [5.41, 5.74) is 6.55. The molecule has 0 bridgehead atoms. The first kappa shape index (κ1) is 11.7. The molecule has 0 radical (unpaired) electrons. The molecule has 1 aromatic rings. The predicted octanol–water partition coefficient (Wildman–Crippen LogP) is 2.04. The molecule has 0 aliphatic heterocycles. The predicted molar refractivity (Wildman–Crippen MR) is 69.4 cm³/mol. The first-order valence-corrected chi connectivity index (χ1v) is 6.64. The van der Waals surface area contributed by atoms with E-state index in [9.17, 15) is 0 Å². The Hall–Kier alpha value is -0.820. The van der Waals surface area contributed by atoms with Gasteiger partial charge in [0, 0.05) is 23.0 Å². The molecule has 2 N–H and O–H groups in total. The van der Waals surface area contributed by atoms with Crippen LogP contribution in [0.2, 0.25) is 0 Å². The van der Waals surface area contributed by atoms with Crippen LogP contribution in [-0.2, 0) is 6.54 Å². The van der Waals surface area contributed by atoms with Crippen LogP contribution in [0, 0.1) is 11.8 Å². The van der Waals surface area contributed by atoms with Crippen LogP contribution in [0.25, 0.3) is 0 Å². The van der Waals surface area contributed by atoms with Crippen LogP contribution in [-0.4, -0.2) is 24.5 Å². The smallest absolute Gasteiger partial charge is 0.0555 e. The van der Waals surface area contributed by atoms with Crippen LogP contribution in [0.3, 0.4) is 0 Å². The van der Waals surface area contributed by atoms with Gasteiger partial charge in [-0.15, -0.1) is 11.3 Å². The molecule has 0 atom stereocenters. The summed E-state index contributed by atoms with van der Waals surface area (Å²) in [6.45, 7) is 1.46. The molecule has 86 valence electrons. The van der Waals surface area contributed by atoms with E-state index in [4.69, 9.17) is 5.73 Å². The van der Waals surface area contributed by atoms with Gasteiger partial charge in [0.15, 0.2) is 0 Å². The van der Waals surface area contributed by atoms with E-state index in [1.807, 2.05) is 0 Å². The Morgan fingerprint density at radius 2 is 2.38 bits per heavy atom. The SMILES string of the molecule is CN(Cc1sccc1C#CCN)C1CCC1. The number of nitrogens with two attached hydrogens (primary N) is 1. The highest BCUT2D eigenvalue weighted by molar-refractivity contribution is 7.10. The third kappa shape index (κ3) is 2.65. The summed E-state index contributed by atoms with van der Waals surface area (Å²) in [5, 5.41) is 2.12. The van der Waals surface area contributed by atoms with E-state index in [2.05, 4.69) is 35.2 Å². The van der Waals surface area contributed by atoms with E-state index in [0.29, 0.717) is 6.54 Å². The fraction of sp³-hybridized carbons (Fsp3) is 0.538. The highest BCUT2D eigenvalue weighted by atomic mass is 32.1. The minimum Gasteiger partial charge on any atom is -0.320 e. The lowest BCUT2D eigenvalue weighted by atomic mass is 9.92. The zero-order chi connectivity index (χ0) is 11.4. The summed E-state index contributed by atoms with van der Waals surface area (Å²) in [6.07, 6.45) is 4.09. The lowest BCUT2D eigenvalue weighted by molar-refractivity contribution is 0.154. The van der Waals surface area contributed by atoms with E-state index in [1.54, 1.807) is 11.3 Å². The van der Waals surface area contributed by atoms with Crippen molar-refractivity contribution in [3.05, 3.63) is 21.9 Å². The van der Waals surface area contributed by atoms with Crippen LogP contribution >= 0.6 is 11.3 Å². The summed E-state index contributed by atoms with van der Waals surface area (Å²) >= 11 is 1.80. The molecule has 2 nitrogen and oxygen atoms in total. The normalized spacial score (nSPS) is 15.7. The number of hydrogen-bond donors (Lipinski definition) is 1. The van der Waals surface area contributed by atoms with Crippen LogP contribution < -0.4 is 5.73 Å². The van der Waals surface area contributed by atoms with E-state index in [-0.39, 0.29) is 0 Å². The second-order valence-electron chi connectivity index (χ2n) is 4.26.